The molecule has 0 spiro atoms. The second-order valence-electron chi connectivity index (χ2n) is 7.30. The largest absolute Gasteiger partial charge is 0.468 e. The van der Waals surface area contributed by atoms with Gasteiger partial charge in [-0.15, -0.1) is 0 Å². The van der Waals surface area contributed by atoms with Gasteiger partial charge in [-0.05, 0) is 62.7 Å². The summed E-state index contributed by atoms with van der Waals surface area (Å²) in [5, 5.41) is 3.51. The lowest BCUT2D eigenvalue weighted by Gasteiger charge is -2.26. The van der Waals surface area contributed by atoms with Gasteiger partial charge in [-0.1, -0.05) is 11.6 Å². The molecule has 0 radical (unpaired) electrons. The summed E-state index contributed by atoms with van der Waals surface area (Å²) in [6, 6.07) is 8.93. The maximum Gasteiger partial charge on any atom is 0.251 e. The first-order valence-corrected chi connectivity index (χ1v) is 10.2. The zero-order valence-electron chi connectivity index (χ0n) is 15.7. The third-order valence-electron chi connectivity index (χ3n) is 5.48. The Morgan fingerprint density at radius 1 is 1.18 bits per heavy atom. The molecule has 28 heavy (non-hydrogen) atoms. The fraction of sp³-hybridized carbons (Fsp3) is 0.429. The van der Waals surface area contributed by atoms with Gasteiger partial charge >= 0.3 is 0 Å². The van der Waals surface area contributed by atoms with Crippen molar-refractivity contribution < 1.29 is 14.0 Å². The van der Waals surface area contributed by atoms with E-state index in [1.807, 2.05) is 12.1 Å². The van der Waals surface area contributed by atoms with Crippen LogP contribution in [-0.2, 0) is 4.79 Å². The number of benzene rings is 1. The molecule has 1 N–H and O–H groups in total. The zero-order valence-corrected chi connectivity index (χ0v) is 16.5. The van der Waals surface area contributed by atoms with Gasteiger partial charge in [-0.2, -0.15) is 0 Å². The smallest absolute Gasteiger partial charge is 0.251 e. The lowest BCUT2D eigenvalue weighted by atomic mass is 10.1. The number of nitrogens with zero attached hydrogens (tertiary/aromatic N) is 2. The van der Waals surface area contributed by atoms with E-state index in [2.05, 4.69) is 10.2 Å². The lowest BCUT2D eigenvalue weighted by Crippen LogP contribution is -2.36. The fourth-order valence-electron chi connectivity index (χ4n) is 4.00. The number of furan rings is 1. The molecule has 2 aromatic rings. The molecule has 2 aliphatic heterocycles. The van der Waals surface area contributed by atoms with E-state index in [0.717, 1.165) is 38.1 Å². The molecule has 1 unspecified atom stereocenters. The SMILES string of the molecule is O=C(NCC(c1ccco1)N1CCCC1)c1ccc(Cl)c(N2CCCC2=O)c1. The Morgan fingerprint density at radius 3 is 2.68 bits per heavy atom. The molecular weight excluding hydrogens is 378 g/mol. The van der Waals surface area contributed by atoms with E-state index in [0.29, 0.717) is 35.8 Å². The first-order chi connectivity index (χ1) is 13.6. The van der Waals surface area contributed by atoms with Gasteiger partial charge in [0, 0.05) is 25.1 Å². The van der Waals surface area contributed by atoms with Crippen LogP contribution in [0.2, 0.25) is 5.02 Å². The van der Waals surface area contributed by atoms with Gasteiger partial charge in [0.25, 0.3) is 5.91 Å². The van der Waals surface area contributed by atoms with Crippen LogP contribution >= 0.6 is 11.6 Å². The number of carbonyl (C=O) groups excluding carboxylic acids is 2. The molecule has 7 heteroatoms. The monoisotopic (exact) mass is 401 g/mol. The Hall–Kier alpha value is -2.31. The minimum atomic E-state index is -0.180. The Kier molecular flexibility index (Phi) is 5.69. The molecule has 2 aliphatic rings. The summed E-state index contributed by atoms with van der Waals surface area (Å²) < 4.78 is 5.61. The van der Waals surface area contributed by atoms with Crippen LogP contribution in [0.5, 0.6) is 0 Å². The number of hydrogen-bond acceptors (Lipinski definition) is 4. The summed E-state index contributed by atoms with van der Waals surface area (Å²) in [4.78, 5) is 28.8. The van der Waals surface area contributed by atoms with E-state index in [1.54, 1.807) is 29.4 Å². The van der Waals surface area contributed by atoms with E-state index < -0.39 is 0 Å². The Bertz CT molecular complexity index is 847. The van der Waals surface area contributed by atoms with Crippen LogP contribution < -0.4 is 10.2 Å². The van der Waals surface area contributed by atoms with Gasteiger partial charge in [0.2, 0.25) is 5.91 Å². The standard InChI is InChI=1S/C21H24ClN3O3/c22-16-8-7-15(13-17(16)25-11-3-6-20(25)26)21(27)23-14-18(19-5-4-12-28-19)24-9-1-2-10-24/h4-5,7-8,12-13,18H,1-3,6,9-11,14H2,(H,23,27). The van der Waals surface area contributed by atoms with E-state index >= 15 is 0 Å². The summed E-state index contributed by atoms with van der Waals surface area (Å²) in [5.41, 5.74) is 1.11. The van der Waals surface area contributed by atoms with Gasteiger partial charge in [0.15, 0.2) is 0 Å². The number of amides is 2. The van der Waals surface area contributed by atoms with Crippen LogP contribution in [0.1, 0.15) is 47.8 Å². The highest BCUT2D eigenvalue weighted by atomic mass is 35.5. The summed E-state index contributed by atoms with van der Waals surface area (Å²) in [6.07, 6.45) is 5.32. The molecule has 0 saturated carbocycles. The Morgan fingerprint density at radius 2 is 2.00 bits per heavy atom. The predicted molar refractivity (Wildman–Crippen MR) is 108 cm³/mol. The van der Waals surface area contributed by atoms with Crippen molar-refractivity contribution >= 4 is 29.1 Å². The number of carbonyl (C=O) groups is 2. The minimum Gasteiger partial charge on any atom is -0.468 e. The van der Waals surface area contributed by atoms with Crippen molar-refractivity contribution in [1.82, 2.24) is 10.2 Å². The van der Waals surface area contributed by atoms with Crippen molar-refractivity contribution in [3.63, 3.8) is 0 Å². The number of anilines is 1. The maximum absolute atomic E-state index is 12.8. The molecule has 1 aromatic carbocycles. The van der Waals surface area contributed by atoms with Crippen LogP contribution in [0.25, 0.3) is 0 Å². The van der Waals surface area contributed by atoms with Gasteiger partial charge in [0.05, 0.1) is 23.0 Å². The van der Waals surface area contributed by atoms with Crippen molar-refractivity contribution in [2.45, 2.75) is 31.7 Å². The number of hydrogen-bond donors (Lipinski definition) is 1. The Balaban J connectivity index is 1.47. The van der Waals surface area contributed by atoms with Crippen molar-refractivity contribution in [3.05, 3.63) is 52.9 Å². The summed E-state index contributed by atoms with van der Waals surface area (Å²) in [5.74, 6) is 0.730. The van der Waals surface area contributed by atoms with Crippen LogP contribution in [0.4, 0.5) is 5.69 Å². The molecule has 2 fully saturated rings. The molecule has 2 amide bonds. The number of rotatable bonds is 6. The van der Waals surface area contributed by atoms with E-state index in [4.69, 9.17) is 16.0 Å². The third kappa shape index (κ3) is 3.93. The molecule has 2 saturated heterocycles. The minimum absolute atomic E-state index is 0.0216. The van der Waals surface area contributed by atoms with E-state index in [1.165, 1.54) is 0 Å². The second kappa shape index (κ2) is 8.37. The molecule has 1 aromatic heterocycles. The summed E-state index contributed by atoms with van der Waals surface area (Å²) >= 11 is 6.28. The highest BCUT2D eigenvalue weighted by Gasteiger charge is 2.27. The maximum atomic E-state index is 12.8. The van der Waals surface area contributed by atoms with E-state index in [9.17, 15) is 9.59 Å². The normalized spacial score (nSPS) is 18.6. The Labute approximate surface area is 169 Å². The first-order valence-electron chi connectivity index (χ1n) is 9.79. The predicted octanol–water partition coefficient (Wildman–Crippen LogP) is 3.63. The van der Waals surface area contributed by atoms with Crippen LogP contribution in [0, 0.1) is 0 Å². The molecule has 4 rings (SSSR count). The molecule has 148 valence electrons. The van der Waals surface area contributed by atoms with Crippen LogP contribution in [0.3, 0.4) is 0 Å². The summed E-state index contributed by atoms with van der Waals surface area (Å²) in [7, 11) is 0. The second-order valence-corrected chi connectivity index (χ2v) is 7.71. The molecular formula is C21H24ClN3O3. The van der Waals surface area contributed by atoms with Gasteiger partial charge in [-0.3, -0.25) is 14.5 Å². The molecule has 6 nitrogen and oxygen atoms in total. The van der Waals surface area contributed by atoms with Gasteiger partial charge in [-0.25, -0.2) is 0 Å². The molecule has 3 heterocycles. The van der Waals surface area contributed by atoms with Crippen LogP contribution in [-0.4, -0.2) is 42.9 Å². The molecule has 0 bridgehead atoms. The zero-order chi connectivity index (χ0) is 19.5. The number of halogens is 1. The quantitative estimate of drug-likeness (QED) is 0.802. The van der Waals surface area contributed by atoms with Gasteiger partial charge in [0.1, 0.15) is 5.76 Å². The van der Waals surface area contributed by atoms with Crippen molar-refractivity contribution in [1.29, 1.82) is 0 Å². The van der Waals surface area contributed by atoms with Crippen LogP contribution in [0.15, 0.2) is 41.0 Å². The average molecular weight is 402 g/mol. The summed E-state index contributed by atoms with van der Waals surface area (Å²) in [6.45, 7) is 3.11. The fourth-order valence-corrected chi connectivity index (χ4v) is 4.22. The first kappa shape index (κ1) is 19.0. The molecule has 1 atom stereocenters. The highest BCUT2D eigenvalue weighted by molar-refractivity contribution is 6.34. The molecule has 0 aliphatic carbocycles. The third-order valence-corrected chi connectivity index (χ3v) is 5.80. The van der Waals surface area contributed by atoms with Gasteiger partial charge < -0.3 is 14.6 Å². The highest BCUT2D eigenvalue weighted by Crippen LogP contribution is 2.30. The van der Waals surface area contributed by atoms with Crippen molar-refractivity contribution in [2.24, 2.45) is 0 Å². The van der Waals surface area contributed by atoms with Crippen molar-refractivity contribution in [2.75, 3.05) is 31.1 Å². The topological polar surface area (TPSA) is 65.8 Å². The number of nitrogens with one attached hydrogen (secondary N) is 1. The lowest BCUT2D eigenvalue weighted by molar-refractivity contribution is -0.117. The van der Waals surface area contributed by atoms with E-state index in [-0.39, 0.29) is 17.9 Å². The number of likely N-dealkylation sites (tertiary alicyclic amines) is 1. The average Bonchev–Trinajstić information content (AvgIpc) is 3.45. The van der Waals surface area contributed by atoms with Crippen molar-refractivity contribution in [3.8, 4) is 0 Å².